The molecular formula is C14H13BrClNO2. The summed E-state index contributed by atoms with van der Waals surface area (Å²) in [5.41, 5.74) is 1.91. The molecule has 0 aliphatic rings. The Hall–Kier alpha value is -1.39. The predicted octanol–water partition coefficient (Wildman–Crippen LogP) is 4.43. The molecule has 0 aromatic heterocycles. The van der Waals surface area contributed by atoms with Gasteiger partial charge in [0, 0.05) is 16.7 Å². The van der Waals surface area contributed by atoms with Crippen LogP contribution < -0.4 is 10.1 Å². The monoisotopic (exact) mass is 341 g/mol. The van der Waals surface area contributed by atoms with Gasteiger partial charge in [-0.15, -0.1) is 0 Å². The van der Waals surface area contributed by atoms with Crippen LogP contribution in [0, 0.1) is 0 Å². The molecule has 0 bridgehead atoms. The second kappa shape index (κ2) is 6.17. The van der Waals surface area contributed by atoms with Crippen molar-refractivity contribution >= 4 is 33.2 Å². The number of phenolic OH excluding ortho intramolecular Hbond substituents is 1. The van der Waals surface area contributed by atoms with E-state index in [9.17, 15) is 5.11 Å². The predicted molar refractivity (Wildman–Crippen MR) is 81.1 cm³/mol. The van der Waals surface area contributed by atoms with Gasteiger partial charge in [-0.3, -0.25) is 0 Å². The van der Waals surface area contributed by atoms with Crippen LogP contribution in [-0.2, 0) is 6.54 Å². The normalized spacial score (nSPS) is 10.3. The summed E-state index contributed by atoms with van der Waals surface area (Å²) in [7, 11) is 1.53. The number of methoxy groups -OCH3 is 1. The van der Waals surface area contributed by atoms with Crippen molar-refractivity contribution in [2.24, 2.45) is 0 Å². The first-order chi connectivity index (χ1) is 9.10. The summed E-state index contributed by atoms with van der Waals surface area (Å²) in [5, 5.41) is 13.6. The Morgan fingerprint density at radius 3 is 2.68 bits per heavy atom. The highest BCUT2D eigenvalue weighted by Crippen LogP contribution is 2.28. The molecule has 0 saturated heterocycles. The molecule has 0 atom stereocenters. The Morgan fingerprint density at radius 2 is 2.05 bits per heavy atom. The van der Waals surface area contributed by atoms with Crippen LogP contribution in [0.1, 0.15) is 5.56 Å². The highest BCUT2D eigenvalue weighted by atomic mass is 79.9. The van der Waals surface area contributed by atoms with E-state index < -0.39 is 0 Å². The van der Waals surface area contributed by atoms with Gasteiger partial charge in [-0.05, 0) is 51.8 Å². The van der Waals surface area contributed by atoms with Crippen molar-refractivity contribution in [2.75, 3.05) is 12.4 Å². The molecule has 0 saturated carbocycles. The van der Waals surface area contributed by atoms with Gasteiger partial charge < -0.3 is 15.2 Å². The standard InChI is InChI=1S/C14H13BrClNO2/c1-19-14-5-2-9(6-13(14)18)8-17-10-3-4-12(16)11(15)7-10/h2-7,17-18H,8H2,1H3. The van der Waals surface area contributed by atoms with Crippen LogP contribution in [0.4, 0.5) is 5.69 Å². The summed E-state index contributed by atoms with van der Waals surface area (Å²) in [5.74, 6) is 0.608. The molecule has 0 fully saturated rings. The maximum absolute atomic E-state index is 9.69. The first kappa shape index (κ1) is 14.0. The van der Waals surface area contributed by atoms with Gasteiger partial charge >= 0.3 is 0 Å². The first-order valence-electron chi connectivity index (χ1n) is 5.65. The molecule has 2 aromatic rings. The number of benzene rings is 2. The van der Waals surface area contributed by atoms with Gasteiger partial charge in [-0.1, -0.05) is 17.7 Å². The van der Waals surface area contributed by atoms with Crippen LogP contribution >= 0.6 is 27.5 Å². The largest absolute Gasteiger partial charge is 0.504 e. The third-order valence-electron chi connectivity index (χ3n) is 2.66. The quantitative estimate of drug-likeness (QED) is 0.863. The summed E-state index contributed by atoms with van der Waals surface area (Å²) >= 11 is 9.30. The van der Waals surface area contributed by atoms with Crippen molar-refractivity contribution in [1.82, 2.24) is 0 Å². The zero-order valence-electron chi connectivity index (χ0n) is 10.3. The van der Waals surface area contributed by atoms with Crippen molar-refractivity contribution in [3.8, 4) is 11.5 Å². The number of aromatic hydroxyl groups is 1. The van der Waals surface area contributed by atoms with Crippen LogP contribution in [0.3, 0.4) is 0 Å². The molecule has 0 aliphatic carbocycles. The summed E-state index contributed by atoms with van der Waals surface area (Å²) < 4.78 is 5.84. The second-order valence-electron chi connectivity index (χ2n) is 3.99. The van der Waals surface area contributed by atoms with Crippen molar-refractivity contribution < 1.29 is 9.84 Å². The molecule has 0 heterocycles. The summed E-state index contributed by atoms with van der Waals surface area (Å²) in [4.78, 5) is 0. The highest BCUT2D eigenvalue weighted by molar-refractivity contribution is 9.10. The number of nitrogens with one attached hydrogen (secondary N) is 1. The number of hydrogen-bond donors (Lipinski definition) is 2. The molecule has 0 unspecified atom stereocenters. The lowest BCUT2D eigenvalue weighted by Gasteiger charge is -2.09. The van der Waals surface area contributed by atoms with Crippen LogP contribution in [0.5, 0.6) is 11.5 Å². The van der Waals surface area contributed by atoms with E-state index in [4.69, 9.17) is 16.3 Å². The lowest BCUT2D eigenvalue weighted by atomic mass is 10.2. The molecule has 0 aliphatic heterocycles. The molecule has 3 nitrogen and oxygen atoms in total. The number of rotatable bonds is 4. The first-order valence-corrected chi connectivity index (χ1v) is 6.82. The topological polar surface area (TPSA) is 41.5 Å². The van der Waals surface area contributed by atoms with E-state index in [0.29, 0.717) is 17.3 Å². The SMILES string of the molecule is COc1ccc(CNc2ccc(Cl)c(Br)c2)cc1O. The number of anilines is 1. The summed E-state index contributed by atoms with van der Waals surface area (Å²) in [6.45, 7) is 0.603. The maximum Gasteiger partial charge on any atom is 0.160 e. The second-order valence-corrected chi connectivity index (χ2v) is 5.25. The molecular weight excluding hydrogens is 330 g/mol. The average molecular weight is 343 g/mol. The Bertz CT molecular complexity index is 590. The van der Waals surface area contributed by atoms with Crippen molar-refractivity contribution in [1.29, 1.82) is 0 Å². The van der Waals surface area contributed by atoms with Gasteiger partial charge in [0.2, 0.25) is 0 Å². The van der Waals surface area contributed by atoms with E-state index in [1.165, 1.54) is 7.11 Å². The molecule has 2 aromatic carbocycles. The number of phenols is 1. The maximum atomic E-state index is 9.69. The van der Waals surface area contributed by atoms with Gasteiger partial charge in [0.05, 0.1) is 12.1 Å². The van der Waals surface area contributed by atoms with E-state index in [-0.39, 0.29) is 5.75 Å². The van der Waals surface area contributed by atoms with Crippen molar-refractivity contribution in [3.05, 3.63) is 51.5 Å². The fraction of sp³-hybridized carbons (Fsp3) is 0.143. The Morgan fingerprint density at radius 1 is 1.26 bits per heavy atom. The Labute approximate surface area is 125 Å². The van der Waals surface area contributed by atoms with E-state index in [0.717, 1.165) is 15.7 Å². The third-order valence-corrected chi connectivity index (χ3v) is 3.87. The molecule has 5 heteroatoms. The number of halogens is 2. The molecule has 19 heavy (non-hydrogen) atoms. The molecule has 2 N–H and O–H groups in total. The Kier molecular flexibility index (Phi) is 4.56. The van der Waals surface area contributed by atoms with Gasteiger partial charge in [0.15, 0.2) is 11.5 Å². The minimum atomic E-state index is 0.138. The van der Waals surface area contributed by atoms with Gasteiger partial charge in [0.1, 0.15) is 0 Å². The summed E-state index contributed by atoms with van der Waals surface area (Å²) in [6.07, 6.45) is 0. The van der Waals surface area contributed by atoms with Crippen LogP contribution in [0.2, 0.25) is 5.02 Å². The Balaban J connectivity index is 2.05. The van der Waals surface area contributed by atoms with E-state index in [1.807, 2.05) is 24.3 Å². The zero-order chi connectivity index (χ0) is 13.8. The fourth-order valence-electron chi connectivity index (χ4n) is 1.66. The third kappa shape index (κ3) is 3.55. The molecule has 100 valence electrons. The van der Waals surface area contributed by atoms with Gasteiger partial charge in [0.25, 0.3) is 0 Å². The van der Waals surface area contributed by atoms with Gasteiger partial charge in [-0.2, -0.15) is 0 Å². The van der Waals surface area contributed by atoms with Crippen LogP contribution in [-0.4, -0.2) is 12.2 Å². The minimum absolute atomic E-state index is 0.138. The fourth-order valence-corrected chi connectivity index (χ4v) is 2.15. The van der Waals surface area contributed by atoms with Crippen molar-refractivity contribution in [3.63, 3.8) is 0 Å². The molecule has 0 spiro atoms. The minimum Gasteiger partial charge on any atom is -0.504 e. The van der Waals surface area contributed by atoms with Crippen LogP contribution in [0.25, 0.3) is 0 Å². The number of hydrogen-bond acceptors (Lipinski definition) is 3. The van der Waals surface area contributed by atoms with E-state index in [1.54, 1.807) is 12.1 Å². The molecule has 0 amide bonds. The smallest absolute Gasteiger partial charge is 0.160 e. The van der Waals surface area contributed by atoms with Gasteiger partial charge in [-0.25, -0.2) is 0 Å². The van der Waals surface area contributed by atoms with Crippen LogP contribution in [0.15, 0.2) is 40.9 Å². The highest BCUT2D eigenvalue weighted by Gasteiger charge is 2.03. The lowest BCUT2D eigenvalue weighted by Crippen LogP contribution is -1.99. The average Bonchev–Trinajstić information content (AvgIpc) is 2.40. The van der Waals surface area contributed by atoms with E-state index in [2.05, 4.69) is 21.2 Å². The summed E-state index contributed by atoms with van der Waals surface area (Å²) in [6, 6.07) is 10.9. The lowest BCUT2D eigenvalue weighted by molar-refractivity contribution is 0.373. The van der Waals surface area contributed by atoms with Crippen molar-refractivity contribution in [2.45, 2.75) is 6.54 Å². The molecule has 2 rings (SSSR count). The number of ether oxygens (including phenoxy) is 1. The molecule has 0 radical (unpaired) electrons. The zero-order valence-corrected chi connectivity index (χ0v) is 12.6. The van der Waals surface area contributed by atoms with E-state index >= 15 is 0 Å².